The van der Waals surface area contributed by atoms with Gasteiger partial charge < -0.3 is 10.6 Å². The van der Waals surface area contributed by atoms with Crippen LogP contribution in [0.3, 0.4) is 0 Å². The number of hydrogen-bond donors (Lipinski definition) is 2. The number of nitrogens with one attached hydrogen (secondary N) is 2. The minimum Gasteiger partial charge on any atom is -0.362 e. The number of rotatable bonds is 6. The minimum atomic E-state index is 0.683. The van der Waals surface area contributed by atoms with Crippen LogP contribution < -0.4 is 10.6 Å². The lowest BCUT2D eigenvalue weighted by molar-refractivity contribution is 0.655. The van der Waals surface area contributed by atoms with Gasteiger partial charge in [0.05, 0.1) is 0 Å². The zero-order chi connectivity index (χ0) is 11.6. The summed E-state index contributed by atoms with van der Waals surface area (Å²) in [7, 11) is 0. The maximum absolute atomic E-state index is 5.17. The predicted molar refractivity (Wildman–Crippen MR) is 72.6 cm³/mol. The number of hydrogen-bond acceptors (Lipinski definition) is 2. The molecule has 3 nitrogen and oxygen atoms in total. The van der Waals surface area contributed by atoms with Crippen LogP contribution in [0.4, 0.5) is 5.69 Å². The molecule has 0 fully saturated rings. The van der Waals surface area contributed by atoms with Crippen LogP contribution in [0.25, 0.3) is 0 Å². The third-order valence-corrected chi connectivity index (χ3v) is 2.50. The van der Waals surface area contributed by atoms with Crippen LogP contribution in [0.5, 0.6) is 0 Å². The fraction of sp³-hybridized carbons (Fsp3) is 0.500. The molecule has 1 heterocycles. The van der Waals surface area contributed by atoms with Crippen LogP contribution in [0, 0.1) is 0 Å². The van der Waals surface area contributed by atoms with Crippen LogP contribution >= 0.6 is 12.2 Å². The summed E-state index contributed by atoms with van der Waals surface area (Å²) in [4.78, 5) is 3.94. The van der Waals surface area contributed by atoms with E-state index in [0.717, 1.165) is 12.2 Å². The molecule has 0 saturated heterocycles. The number of thiocarbonyl (C=S) groups is 1. The first-order valence-electron chi connectivity index (χ1n) is 5.78. The van der Waals surface area contributed by atoms with E-state index >= 15 is 0 Å². The van der Waals surface area contributed by atoms with Gasteiger partial charge in [-0.25, -0.2) is 0 Å². The molecule has 0 aliphatic rings. The molecule has 1 rings (SSSR count). The SMILES string of the molecule is CCCCCCNC(=S)Nc1ccncc1. The molecule has 4 heteroatoms. The Balaban J connectivity index is 2.12. The molecule has 0 aromatic carbocycles. The van der Waals surface area contributed by atoms with Crippen LogP contribution in [0.2, 0.25) is 0 Å². The smallest absolute Gasteiger partial charge is 0.170 e. The quantitative estimate of drug-likeness (QED) is 0.589. The summed E-state index contributed by atoms with van der Waals surface area (Å²) in [6.45, 7) is 3.15. The van der Waals surface area contributed by atoms with Crippen molar-refractivity contribution < 1.29 is 0 Å². The molecular formula is C12H19N3S. The van der Waals surface area contributed by atoms with Gasteiger partial charge in [0.25, 0.3) is 0 Å². The van der Waals surface area contributed by atoms with E-state index in [1.165, 1.54) is 25.7 Å². The van der Waals surface area contributed by atoms with Crippen molar-refractivity contribution >= 4 is 23.0 Å². The van der Waals surface area contributed by atoms with Crippen molar-refractivity contribution in [1.82, 2.24) is 10.3 Å². The highest BCUT2D eigenvalue weighted by Gasteiger charge is 1.95. The van der Waals surface area contributed by atoms with Crippen LogP contribution in [-0.4, -0.2) is 16.6 Å². The lowest BCUT2D eigenvalue weighted by Crippen LogP contribution is -2.29. The van der Waals surface area contributed by atoms with Crippen LogP contribution in [-0.2, 0) is 0 Å². The molecule has 0 bridgehead atoms. The Bertz CT molecular complexity index is 300. The molecule has 0 aliphatic carbocycles. The number of nitrogens with zero attached hydrogens (tertiary/aromatic N) is 1. The van der Waals surface area contributed by atoms with Gasteiger partial charge in [-0.3, -0.25) is 4.98 Å². The predicted octanol–water partition coefficient (Wildman–Crippen LogP) is 2.95. The molecule has 0 unspecified atom stereocenters. The highest BCUT2D eigenvalue weighted by atomic mass is 32.1. The third-order valence-electron chi connectivity index (χ3n) is 2.25. The number of anilines is 1. The van der Waals surface area contributed by atoms with Gasteiger partial charge in [0, 0.05) is 24.6 Å². The van der Waals surface area contributed by atoms with E-state index in [0.29, 0.717) is 5.11 Å². The first-order valence-corrected chi connectivity index (χ1v) is 6.18. The Kier molecular flexibility index (Phi) is 6.49. The topological polar surface area (TPSA) is 37.0 Å². The number of unbranched alkanes of at least 4 members (excludes halogenated alkanes) is 3. The normalized spacial score (nSPS) is 9.81. The van der Waals surface area contributed by atoms with Crippen LogP contribution in [0.15, 0.2) is 24.5 Å². The van der Waals surface area contributed by atoms with Gasteiger partial charge >= 0.3 is 0 Å². The van der Waals surface area contributed by atoms with E-state index in [2.05, 4.69) is 22.5 Å². The summed E-state index contributed by atoms with van der Waals surface area (Å²) in [5.74, 6) is 0. The summed E-state index contributed by atoms with van der Waals surface area (Å²) in [6.07, 6.45) is 8.48. The highest BCUT2D eigenvalue weighted by molar-refractivity contribution is 7.80. The van der Waals surface area contributed by atoms with E-state index in [1.54, 1.807) is 12.4 Å². The van der Waals surface area contributed by atoms with Gasteiger partial charge in [-0.15, -0.1) is 0 Å². The Hall–Kier alpha value is -1.16. The maximum Gasteiger partial charge on any atom is 0.170 e. The van der Waals surface area contributed by atoms with Crippen molar-refractivity contribution in [2.45, 2.75) is 32.6 Å². The second-order valence-corrected chi connectivity index (χ2v) is 4.09. The summed E-state index contributed by atoms with van der Waals surface area (Å²) in [5, 5.41) is 6.99. The van der Waals surface area contributed by atoms with Gasteiger partial charge in [-0.05, 0) is 30.8 Å². The van der Waals surface area contributed by atoms with Gasteiger partial charge in [0.1, 0.15) is 0 Å². The average molecular weight is 237 g/mol. The van der Waals surface area contributed by atoms with Crippen molar-refractivity contribution in [3.05, 3.63) is 24.5 Å². The molecule has 88 valence electrons. The molecule has 0 aliphatic heterocycles. The molecule has 1 aromatic rings. The molecule has 1 aromatic heterocycles. The van der Waals surface area contributed by atoms with E-state index in [-0.39, 0.29) is 0 Å². The molecular weight excluding hydrogens is 218 g/mol. The van der Waals surface area contributed by atoms with Gasteiger partial charge in [-0.2, -0.15) is 0 Å². The van der Waals surface area contributed by atoms with Gasteiger partial charge in [-0.1, -0.05) is 26.2 Å². The highest BCUT2D eigenvalue weighted by Crippen LogP contribution is 2.02. The van der Waals surface area contributed by atoms with Crippen molar-refractivity contribution in [2.24, 2.45) is 0 Å². The lowest BCUT2D eigenvalue weighted by atomic mass is 10.2. The lowest BCUT2D eigenvalue weighted by Gasteiger charge is -2.09. The molecule has 2 N–H and O–H groups in total. The van der Waals surface area contributed by atoms with Crippen molar-refractivity contribution in [3.8, 4) is 0 Å². The third kappa shape index (κ3) is 5.66. The molecule has 0 spiro atoms. The molecule has 0 atom stereocenters. The summed E-state index contributed by atoms with van der Waals surface area (Å²) in [6, 6.07) is 3.79. The second kappa shape index (κ2) is 8.05. The summed E-state index contributed by atoms with van der Waals surface area (Å²) >= 11 is 5.17. The first kappa shape index (κ1) is 12.9. The first-order chi connectivity index (χ1) is 7.83. The standard InChI is InChI=1S/C12H19N3S/c1-2-3-4-5-8-14-12(16)15-11-6-9-13-10-7-11/h6-7,9-10H,2-5,8H2,1H3,(H2,13,14,15,16). The van der Waals surface area contributed by atoms with E-state index in [1.807, 2.05) is 12.1 Å². The average Bonchev–Trinajstić information content (AvgIpc) is 2.30. The number of aromatic nitrogens is 1. The van der Waals surface area contributed by atoms with Crippen molar-refractivity contribution in [3.63, 3.8) is 0 Å². The summed E-state index contributed by atoms with van der Waals surface area (Å²) < 4.78 is 0. The van der Waals surface area contributed by atoms with Gasteiger partial charge in [0.15, 0.2) is 5.11 Å². The Morgan fingerprint density at radius 3 is 2.69 bits per heavy atom. The Morgan fingerprint density at radius 2 is 2.00 bits per heavy atom. The Morgan fingerprint density at radius 1 is 1.25 bits per heavy atom. The van der Waals surface area contributed by atoms with Crippen molar-refractivity contribution in [1.29, 1.82) is 0 Å². The fourth-order valence-corrected chi connectivity index (χ4v) is 1.58. The van der Waals surface area contributed by atoms with E-state index in [4.69, 9.17) is 12.2 Å². The van der Waals surface area contributed by atoms with Gasteiger partial charge in [0.2, 0.25) is 0 Å². The molecule has 0 saturated carbocycles. The molecule has 0 radical (unpaired) electrons. The van der Waals surface area contributed by atoms with E-state index in [9.17, 15) is 0 Å². The fourth-order valence-electron chi connectivity index (χ4n) is 1.36. The minimum absolute atomic E-state index is 0.683. The van der Waals surface area contributed by atoms with E-state index < -0.39 is 0 Å². The summed E-state index contributed by atoms with van der Waals surface area (Å²) in [5.41, 5.74) is 0.973. The maximum atomic E-state index is 5.17. The van der Waals surface area contributed by atoms with Crippen LogP contribution in [0.1, 0.15) is 32.6 Å². The number of pyridine rings is 1. The largest absolute Gasteiger partial charge is 0.362 e. The second-order valence-electron chi connectivity index (χ2n) is 3.68. The molecule has 0 amide bonds. The zero-order valence-electron chi connectivity index (χ0n) is 9.70. The zero-order valence-corrected chi connectivity index (χ0v) is 10.5. The monoisotopic (exact) mass is 237 g/mol. The Labute approximate surface area is 103 Å². The van der Waals surface area contributed by atoms with Crippen molar-refractivity contribution in [2.75, 3.05) is 11.9 Å². The molecule has 16 heavy (non-hydrogen) atoms.